The minimum Gasteiger partial charge on any atom is -0.397 e. The summed E-state index contributed by atoms with van der Waals surface area (Å²) in [5, 5.41) is 0.853. The molecule has 6 heteroatoms. The fourth-order valence-electron chi connectivity index (χ4n) is 3.61. The van der Waals surface area contributed by atoms with Gasteiger partial charge in [0.25, 0.3) is 5.91 Å². The molecule has 4 aromatic rings. The van der Waals surface area contributed by atoms with Crippen molar-refractivity contribution in [1.82, 2.24) is 4.98 Å². The van der Waals surface area contributed by atoms with Crippen LogP contribution < -0.4 is 10.6 Å². The number of anilines is 3. The maximum atomic E-state index is 13.7. The van der Waals surface area contributed by atoms with Gasteiger partial charge in [0.1, 0.15) is 9.71 Å². The van der Waals surface area contributed by atoms with Gasteiger partial charge < -0.3 is 5.73 Å². The van der Waals surface area contributed by atoms with Crippen molar-refractivity contribution < 1.29 is 4.79 Å². The predicted molar refractivity (Wildman–Crippen MR) is 122 cm³/mol. The lowest BCUT2D eigenvalue weighted by molar-refractivity contribution is 0.100. The lowest BCUT2D eigenvalue weighted by Gasteiger charge is -2.30. The van der Waals surface area contributed by atoms with Crippen LogP contribution in [0.1, 0.15) is 28.7 Å². The Kier molecular flexibility index (Phi) is 4.53. The average Bonchev–Trinajstić information content (AvgIpc) is 3.07. The highest BCUT2D eigenvalue weighted by Crippen LogP contribution is 2.49. The highest BCUT2D eigenvalue weighted by molar-refractivity contribution is 7.99. The van der Waals surface area contributed by atoms with Crippen molar-refractivity contribution in [2.45, 2.75) is 29.6 Å². The number of benzene rings is 2. The molecular weight excluding hydrogens is 398 g/mol. The summed E-state index contributed by atoms with van der Waals surface area (Å²) in [4.78, 5) is 23.7. The number of fused-ring (bicyclic) bond motifs is 3. The van der Waals surface area contributed by atoms with Gasteiger partial charge in [-0.3, -0.25) is 9.69 Å². The highest BCUT2D eigenvalue weighted by atomic mass is 32.2. The number of aromatic nitrogens is 1. The van der Waals surface area contributed by atoms with E-state index in [1.165, 1.54) is 11.3 Å². The van der Waals surface area contributed by atoms with E-state index in [2.05, 4.69) is 6.92 Å². The fraction of sp³-hybridized carbons (Fsp3) is 0.130. The minimum atomic E-state index is -0.109. The summed E-state index contributed by atoms with van der Waals surface area (Å²) >= 11 is 3.06. The topological polar surface area (TPSA) is 59.2 Å². The number of nitrogen functional groups attached to an aromatic ring is 1. The Hall–Kier alpha value is -2.83. The number of hydrogen-bond donors (Lipinski definition) is 1. The van der Waals surface area contributed by atoms with Gasteiger partial charge in [-0.15, -0.1) is 11.3 Å². The molecule has 29 heavy (non-hydrogen) atoms. The van der Waals surface area contributed by atoms with Gasteiger partial charge in [-0.2, -0.15) is 0 Å². The van der Waals surface area contributed by atoms with Gasteiger partial charge in [0.05, 0.1) is 17.1 Å². The Balaban J connectivity index is 1.65. The SMILES string of the molecule is CCCc1ccc2c(N)c(C(=O)N3c4ccccc4Sc4ccccc43)sc2n1. The Morgan fingerprint density at radius 1 is 1.00 bits per heavy atom. The fourth-order valence-corrected chi connectivity index (χ4v) is 5.72. The minimum absolute atomic E-state index is 0.109. The first-order valence-electron chi connectivity index (χ1n) is 9.55. The second-order valence-corrected chi connectivity index (χ2v) is 9.01. The molecule has 0 bridgehead atoms. The Morgan fingerprint density at radius 3 is 2.31 bits per heavy atom. The first-order chi connectivity index (χ1) is 14.2. The molecule has 3 heterocycles. The van der Waals surface area contributed by atoms with Gasteiger partial charge in [-0.25, -0.2) is 4.98 Å². The first kappa shape index (κ1) is 18.2. The lowest BCUT2D eigenvalue weighted by atomic mass is 10.1. The van der Waals surface area contributed by atoms with Gasteiger partial charge in [-0.05, 0) is 42.8 Å². The molecule has 1 aliphatic rings. The van der Waals surface area contributed by atoms with Crippen molar-refractivity contribution in [2.75, 3.05) is 10.6 Å². The summed E-state index contributed by atoms with van der Waals surface area (Å²) in [5.74, 6) is -0.109. The number of rotatable bonds is 3. The molecule has 0 aliphatic carbocycles. The molecule has 144 valence electrons. The van der Waals surface area contributed by atoms with Crippen LogP contribution in [0, 0.1) is 0 Å². The van der Waals surface area contributed by atoms with Gasteiger partial charge in [0.15, 0.2) is 0 Å². The van der Waals surface area contributed by atoms with Crippen molar-refractivity contribution in [3.63, 3.8) is 0 Å². The number of aryl methyl sites for hydroxylation is 1. The number of carbonyl (C=O) groups is 1. The van der Waals surface area contributed by atoms with E-state index >= 15 is 0 Å². The zero-order valence-electron chi connectivity index (χ0n) is 15.9. The van der Waals surface area contributed by atoms with Crippen molar-refractivity contribution >= 4 is 56.3 Å². The maximum Gasteiger partial charge on any atom is 0.275 e. The molecule has 0 atom stereocenters. The van der Waals surface area contributed by atoms with E-state index in [-0.39, 0.29) is 5.91 Å². The zero-order valence-corrected chi connectivity index (χ0v) is 17.5. The smallest absolute Gasteiger partial charge is 0.275 e. The van der Waals surface area contributed by atoms with Crippen LogP contribution in [0.3, 0.4) is 0 Å². The molecule has 0 spiro atoms. The number of amides is 1. The Morgan fingerprint density at radius 2 is 1.66 bits per heavy atom. The van der Waals surface area contributed by atoms with E-state index in [9.17, 15) is 4.79 Å². The molecule has 2 aromatic heterocycles. The number of pyridine rings is 1. The third kappa shape index (κ3) is 2.99. The number of para-hydroxylation sites is 2. The third-order valence-corrected chi connectivity index (χ3v) is 7.22. The molecule has 0 saturated heterocycles. The number of nitrogens with two attached hydrogens (primary N) is 1. The molecule has 0 radical (unpaired) electrons. The summed E-state index contributed by atoms with van der Waals surface area (Å²) < 4.78 is 0. The largest absolute Gasteiger partial charge is 0.397 e. The van der Waals surface area contributed by atoms with Gasteiger partial charge in [0.2, 0.25) is 0 Å². The molecule has 0 saturated carbocycles. The van der Waals surface area contributed by atoms with E-state index in [0.29, 0.717) is 10.6 Å². The third-order valence-electron chi connectivity index (χ3n) is 4.99. The molecule has 5 rings (SSSR count). The monoisotopic (exact) mass is 417 g/mol. The molecule has 2 N–H and O–H groups in total. The molecule has 1 amide bonds. The van der Waals surface area contributed by atoms with Gasteiger partial charge in [-0.1, -0.05) is 49.4 Å². The summed E-state index contributed by atoms with van der Waals surface area (Å²) in [5.41, 5.74) is 9.75. The van der Waals surface area contributed by atoms with Crippen LogP contribution in [0.2, 0.25) is 0 Å². The van der Waals surface area contributed by atoms with Crippen molar-refractivity contribution in [3.05, 3.63) is 71.2 Å². The Labute approximate surface area is 177 Å². The molecule has 2 aromatic carbocycles. The van der Waals surface area contributed by atoms with Crippen molar-refractivity contribution in [2.24, 2.45) is 0 Å². The lowest BCUT2D eigenvalue weighted by Crippen LogP contribution is -2.28. The summed E-state index contributed by atoms with van der Waals surface area (Å²) in [6.07, 6.45) is 1.95. The van der Waals surface area contributed by atoms with Crippen LogP contribution in [-0.2, 0) is 6.42 Å². The van der Waals surface area contributed by atoms with Crippen LogP contribution >= 0.6 is 23.1 Å². The molecular formula is C23H19N3OS2. The van der Waals surface area contributed by atoms with E-state index in [0.717, 1.165) is 49.9 Å². The molecule has 1 aliphatic heterocycles. The van der Waals surface area contributed by atoms with Crippen LogP contribution in [0.25, 0.3) is 10.2 Å². The van der Waals surface area contributed by atoms with Gasteiger partial charge >= 0.3 is 0 Å². The van der Waals surface area contributed by atoms with E-state index in [1.54, 1.807) is 16.7 Å². The second kappa shape index (κ2) is 7.21. The van der Waals surface area contributed by atoms with Crippen molar-refractivity contribution in [3.8, 4) is 0 Å². The Bertz CT molecular complexity index is 1200. The number of carbonyl (C=O) groups excluding carboxylic acids is 1. The van der Waals surface area contributed by atoms with E-state index < -0.39 is 0 Å². The van der Waals surface area contributed by atoms with E-state index in [4.69, 9.17) is 10.7 Å². The zero-order chi connectivity index (χ0) is 20.0. The quantitative estimate of drug-likeness (QED) is 0.426. The number of thiophene rings is 1. The predicted octanol–water partition coefficient (Wildman–Crippen LogP) is 6.27. The standard InChI is InChI=1S/C23H19N3OS2/c1-2-7-14-12-13-15-20(24)21(29-22(15)25-14)23(27)26-16-8-3-5-10-18(16)28-19-11-6-4-9-17(19)26/h3-6,8-13H,2,7,24H2,1H3. The number of nitrogens with zero attached hydrogens (tertiary/aromatic N) is 2. The van der Waals surface area contributed by atoms with Crippen LogP contribution in [0.15, 0.2) is 70.5 Å². The molecule has 0 unspecified atom stereocenters. The first-order valence-corrected chi connectivity index (χ1v) is 11.2. The van der Waals surface area contributed by atoms with Crippen LogP contribution in [-0.4, -0.2) is 10.9 Å². The summed E-state index contributed by atoms with van der Waals surface area (Å²) in [6.45, 7) is 2.13. The van der Waals surface area contributed by atoms with E-state index in [1.807, 2.05) is 60.7 Å². The summed E-state index contributed by atoms with van der Waals surface area (Å²) in [6, 6.07) is 20.0. The van der Waals surface area contributed by atoms with Crippen LogP contribution in [0.5, 0.6) is 0 Å². The molecule has 0 fully saturated rings. The summed E-state index contributed by atoms with van der Waals surface area (Å²) in [7, 11) is 0. The average molecular weight is 418 g/mol. The van der Waals surface area contributed by atoms with Crippen LogP contribution in [0.4, 0.5) is 17.1 Å². The van der Waals surface area contributed by atoms with Gasteiger partial charge in [0, 0.05) is 20.9 Å². The second-order valence-electron chi connectivity index (χ2n) is 6.93. The molecule has 4 nitrogen and oxygen atoms in total. The highest BCUT2D eigenvalue weighted by Gasteiger charge is 2.31. The maximum absolute atomic E-state index is 13.7. The van der Waals surface area contributed by atoms with Crippen molar-refractivity contribution in [1.29, 1.82) is 0 Å². The normalized spacial score (nSPS) is 12.7. The number of hydrogen-bond acceptors (Lipinski definition) is 5.